The van der Waals surface area contributed by atoms with Crippen LogP contribution in [0.2, 0.25) is 0 Å². The number of carboxylic acid groups (broad SMARTS) is 1. The van der Waals surface area contributed by atoms with Crippen LogP contribution in [0.4, 0.5) is 0 Å². The molecule has 0 aliphatic rings. The van der Waals surface area contributed by atoms with E-state index < -0.39 is 5.97 Å². The van der Waals surface area contributed by atoms with Crippen molar-refractivity contribution in [3.8, 4) is 16.3 Å². The van der Waals surface area contributed by atoms with Crippen LogP contribution in [0, 0.1) is 6.92 Å². The van der Waals surface area contributed by atoms with E-state index in [2.05, 4.69) is 62.4 Å². The normalized spacial score (nSPS) is 11.1. The van der Waals surface area contributed by atoms with E-state index in [0.717, 1.165) is 39.8 Å². The molecule has 0 aliphatic carbocycles. The van der Waals surface area contributed by atoms with Crippen LogP contribution in [0.3, 0.4) is 0 Å². The van der Waals surface area contributed by atoms with E-state index in [4.69, 9.17) is 14.8 Å². The second kappa shape index (κ2) is 10.2. The fourth-order valence-corrected chi connectivity index (χ4v) is 5.83. The highest BCUT2D eigenvalue weighted by molar-refractivity contribution is 7.98. The predicted molar refractivity (Wildman–Crippen MR) is 133 cm³/mol. The third kappa shape index (κ3) is 5.14. The molecule has 0 aliphatic heterocycles. The van der Waals surface area contributed by atoms with Crippen LogP contribution < -0.4 is 4.74 Å². The number of thiazole rings is 1. The molecule has 0 radical (unpaired) electrons. The highest BCUT2D eigenvalue weighted by atomic mass is 32.2. The lowest BCUT2D eigenvalue weighted by atomic mass is 10.1. The first kappa shape index (κ1) is 22.4. The molecule has 0 unspecified atom stereocenters. The second-order valence-electron chi connectivity index (χ2n) is 7.54. The summed E-state index contributed by atoms with van der Waals surface area (Å²) in [4.78, 5) is 18.1. The second-order valence-corrected chi connectivity index (χ2v) is 9.68. The molecular weight excluding hydrogens is 438 g/mol. The molecule has 1 aromatic heterocycles. The lowest BCUT2D eigenvalue weighted by Crippen LogP contribution is -2.10. The number of aromatic nitrogens is 1. The van der Waals surface area contributed by atoms with E-state index in [1.165, 1.54) is 21.2 Å². The first-order valence-corrected chi connectivity index (χ1v) is 12.4. The fourth-order valence-electron chi connectivity index (χ4n) is 3.63. The van der Waals surface area contributed by atoms with Crippen molar-refractivity contribution in [2.45, 2.75) is 37.3 Å². The van der Waals surface area contributed by atoms with E-state index in [1.54, 1.807) is 23.1 Å². The molecular formula is C26H25NO3S2. The minimum Gasteiger partial charge on any atom is -0.482 e. The highest BCUT2D eigenvalue weighted by Gasteiger charge is 2.13. The van der Waals surface area contributed by atoms with Gasteiger partial charge in [0, 0.05) is 21.1 Å². The summed E-state index contributed by atoms with van der Waals surface area (Å²) in [6.07, 6.45) is 1.83. The van der Waals surface area contributed by atoms with Gasteiger partial charge in [0.25, 0.3) is 0 Å². The number of hydrogen-bond donors (Lipinski definition) is 1. The van der Waals surface area contributed by atoms with E-state index in [9.17, 15) is 4.79 Å². The van der Waals surface area contributed by atoms with Gasteiger partial charge >= 0.3 is 5.97 Å². The molecule has 0 saturated heterocycles. The Labute approximate surface area is 196 Å². The van der Waals surface area contributed by atoms with Gasteiger partial charge < -0.3 is 9.84 Å². The molecule has 164 valence electrons. The van der Waals surface area contributed by atoms with Crippen molar-refractivity contribution < 1.29 is 14.6 Å². The summed E-state index contributed by atoms with van der Waals surface area (Å²) in [5.74, 6) is 0.536. The van der Waals surface area contributed by atoms with Gasteiger partial charge in [-0.2, -0.15) is 0 Å². The van der Waals surface area contributed by atoms with Crippen LogP contribution in [-0.2, 0) is 17.0 Å². The Kier molecular flexibility index (Phi) is 7.12. The summed E-state index contributed by atoms with van der Waals surface area (Å²) >= 11 is 3.53. The van der Waals surface area contributed by atoms with Crippen LogP contribution in [0.5, 0.6) is 5.75 Å². The average Bonchev–Trinajstić information content (AvgIpc) is 3.17. The van der Waals surface area contributed by atoms with E-state index in [1.807, 2.05) is 12.1 Å². The van der Waals surface area contributed by atoms with Gasteiger partial charge in [0.15, 0.2) is 6.61 Å². The van der Waals surface area contributed by atoms with Crippen molar-refractivity contribution in [2.24, 2.45) is 0 Å². The Morgan fingerprint density at radius 3 is 2.75 bits per heavy atom. The van der Waals surface area contributed by atoms with Crippen LogP contribution >= 0.6 is 23.1 Å². The minimum atomic E-state index is -0.964. The van der Waals surface area contributed by atoms with Crippen molar-refractivity contribution in [1.29, 1.82) is 0 Å². The molecule has 1 N–H and O–H groups in total. The van der Waals surface area contributed by atoms with Crippen LogP contribution in [0.15, 0.2) is 65.6 Å². The number of carboxylic acids is 1. The number of benzene rings is 3. The number of aryl methyl sites for hydroxylation is 2. The maximum Gasteiger partial charge on any atom is 0.341 e. The van der Waals surface area contributed by atoms with E-state index >= 15 is 0 Å². The molecule has 1 heterocycles. The smallest absolute Gasteiger partial charge is 0.341 e. The van der Waals surface area contributed by atoms with Gasteiger partial charge in [-0.1, -0.05) is 55.8 Å². The lowest BCUT2D eigenvalue weighted by molar-refractivity contribution is -0.139. The molecule has 0 bridgehead atoms. The number of ether oxygens (including phenoxy) is 1. The molecule has 6 heteroatoms. The molecule has 0 amide bonds. The topological polar surface area (TPSA) is 59.4 Å². The van der Waals surface area contributed by atoms with Crippen LogP contribution in [-0.4, -0.2) is 22.7 Å². The summed E-state index contributed by atoms with van der Waals surface area (Å²) in [6.45, 7) is 3.86. The predicted octanol–water partition coefficient (Wildman–Crippen LogP) is 6.98. The molecule has 0 atom stereocenters. The van der Waals surface area contributed by atoms with Gasteiger partial charge in [0.05, 0.1) is 5.69 Å². The zero-order valence-electron chi connectivity index (χ0n) is 18.1. The van der Waals surface area contributed by atoms with Gasteiger partial charge in [-0.25, -0.2) is 9.78 Å². The minimum absolute atomic E-state index is 0.319. The Hall–Kier alpha value is -2.83. The number of hydrogen-bond acceptors (Lipinski definition) is 5. The molecule has 4 nitrogen and oxygen atoms in total. The molecule has 0 spiro atoms. The fraction of sp³-hybridized carbons (Fsp3) is 0.231. The van der Waals surface area contributed by atoms with Gasteiger partial charge in [0.2, 0.25) is 0 Å². The molecule has 32 heavy (non-hydrogen) atoms. The summed E-state index contributed by atoms with van der Waals surface area (Å²) in [7, 11) is 0. The van der Waals surface area contributed by atoms with Crippen molar-refractivity contribution in [3.05, 3.63) is 76.8 Å². The van der Waals surface area contributed by atoms with Crippen molar-refractivity contribution in [1.82, 2.24) is 4.98 Å². The van der Waals surface area contributed by atoms with Gasteiger partial charge in [-0.05, 0) is 47.9 Å². The van der Waals surface area contributed by atoms with Crippen molar-refractivity contribution in [2.75, 3.05) is 6.61 Å². The number of carbonyl (C=O) groups is 1. The van der Waals surface area contributed by atoms with Crippen molar-refractivity contribution in [3.63, 3.8) is 0 Å². The third-order valence-electron chi connectivity index (χ3n) is 5.19. The zero-order chi connectivity index (χ0) is 22.5. The number of nitrogens with zero attached hydrogens (tertiary/aromatic N) is 1. The maximum absolute atomic E-state index is 10.8. The molecule has 0 fully saturated rings. The molecule has 4 aromatic rings. The Morgan fingerprint density at radius 1 is 1.12 bits per heavy atom. The van der Waals surface area contributed by atoms with Crippen LogP contribution in [0.1, 0.15) is 29.5 Å². The summed E-state index contributed by atoms with van der Waals surface area (Å²) in [5, 5.41) is 12.4. The van der Waals surface area contributed by atoms with Crippen LogP contribution in [0.25, 0.3) is 21.3 Å². The Bertz CT molecular complexity index is 1240. The summed E-state index contributed by atoms with van der Waals surface area (Å²) < 4.78 is 5.46. The van der Waals surface area contributed by atoms with Gasteiger partial charge in [-0.15, -0.1) is 23.1 Å². The summed E-state index contributed by atoms with van der Waals surface area (Å²) in [6, 6.07) is 20.8. The lowest BCUT2D eigenvalue weighted by Gasteiger charge is -2.11. The Balaban J connectivity index is 1.52. The summed E-state index contributed by atoms with van der Waals surface area (Å²) in [5.41, 5.74) is 3.30. The quantitative estimate of drug-likeness (QED) is 0.271. The van der Waals surface area contributed by atoms with Crippen molar-refractivity contribution >= 4 is 39.8 Å². The number of rotatable bonds is 9. The number of thioether (sulfide) groups is 1. The first-order chi connectivity index (χ1) is 15.5. The SMILES string of the molecule is CCCc1cc(SCc2sc(-c3cccc4ccccc34)nc2C)ccc1OCC(=O)O. The number of fused-ring (bicyclic) bond motifs is 1. The van der Waals surface area contributed by atoms with E-state index in [-0.39, 0.29) is 6.61 Å². The maximum atomic E-state index is 10.8. The van der Waals surface area contributed by atoms with Gasteiger partial charge in [0.1, 0.15) is 10.8 Å². The number of aliphatic carboxylic acids is 1. The largest absolute Gasteiger partial charge is 0.482 e. The third-order valence-corrected chi connectivity index (χ3v) is 7.58. The zero-order valence-corrected chi connectivity index (χ0v) is 19.8. The highest BCUT2D eigenvalue weighted by Crippen LogP contribution is 2.36. The Morgan fingerprint density at radius 2 is 1.94 bits per heavy atom. The molecule has 4 rings (SSSR count). The monoisotopic (exact) mass is 463 g/mol. The standard InChI is InChI=1S/C26H25NO3S2/c1-3-7-19-14-20(12-13-23(19)30-15-25(28)29)31-16-24-17(2)27-26(32-24)22-11-6-9-18-8-4-5-10-21(18)22/h4-6,8-14H,3,7,15-16H2,1-2H3,(H,28,29). The van der Waals surface area contributed by atoms with Gasteiger partial charge in [-0.3, -0.25) is 0 Å². The average molecular weight is 464 g/mol. The first-order valence-electron chi connectivity index (χ1n) is 10.6. The molecule has 3 aromatic carbocycles. The van der Waals surface area contributed by atoms with E-state index in [0.29, 0.717) is 5.75 Å². The molecule has 0 saturated carbocycles.